The van der Waals surface area contributed by atoms with Gasteiger partial charge in [-0.25, -0.2) is 9.38 Å². The highest BCUT2D eigenvalue weighted by Crippen LogP contribution is 2.35. The fourth-order valence-corrected chi connectivity index (χ4v) is 5.35. The van der Waals surface area contributed by atoms with Crippen LogP contribution in [0.4, 0.5) is 4.39 Å². The number of carbonyl (C=O) groups is 2. The molecule has 1 fully saturated rings. The number of fused-ring (bicyclic) bond motifs is 2. The molecular weight excluding hydrogens is 523 g/mol. The highest BCUT2D eigenvalue weighted by molar-refractivity contribution is 6.43. The fraction of sp³-hybridized carbons (Fsp3) is 0.406. The number of ether oxygens (including phenoxy) is 1. The molecule has 4 aliphatic rings. The quantitative estimate of drug-likeness (QED) is 0.518. The van der Waals surface area contributed by atoms with Gasteiger partial charge in [-0.15, -0.1) is 0 Å². The zero-order valence-electron chi connectivity index (χ0n) is 24.9. The summed E-state index contributed by atoms with van der Waals surface area (Å²) in [6, 6.07) is 3.69. The molecule has 1 amide bonds. The maximum Gasteiger partial charge on any atom is 0.272 e. The normalized spacial score (nSPS) is 21.6. The molecule has 4 heterocycles. The Kier molecular flexibility index (Phi) is 10.8. The summed E-state index contributed by atoms with van der Waals surface area (Å²) < 4.78 is 20.9. The Bertz CT molecular complexity index is 1330. The average Bonchev–Trinajstić information content (AvgIpc) is 3.50. The first-order valence-corrected chi connectivity index (χ1v) is 14.1. The summed E-state index contributed by atoms with van der Waals surface area (Å²) in [7, 11) is 2.88. The number of halogens is 1. The van der Waals surface area contributed by atoms with Crippen LogP contribution in [0.1, 0.15) is 51.7 Å². The maximum absolute atomic E-state index is 15.4. The van der Waals surface area contributed by atoms with E-state index < -0.39 is 5.82 Å². The number of piperazine rings is 1. The molecule has 1 aromatic rings. The molecule has 41 heavy (non-hydrogen) atoms. The SMILES string of the molecule is C=C(/C=C1/N=C(C(=O)N2CCN3C=CCC3C2C)C=C(CC)N1C)c1ccc2c(c1F)OCC(C=O)=C2.CC.CO. The van der Waals surface area contributed by atoms with Crippen LogP contribution in [0.15, 0.2) is 65.2 Å². The van der Waals surface area contributed by atoms with Crippen molar-refractivity contribution in [3.05, 3.63) is 77.2 Å². The average molecular weight is 565 g/mol. The van der Waals surface area contributed by atoms with Gasteiger partial charge in [0.05, 0.1) is 6.04 Å². The molecule has 8 nitrogen and oxygen atoms in total. The number of benzene rings is 1. The molecule has 2 unspecified atom stereocenters. The zero-order chi connectivity index (χ0) is 30.3. The molecule has 0 bridgehead atoms. The predicted octanol–water partition coefficient (Wildman–Crippen LogP) is 4.79. The first-order chi connectivity index (χ1) is 19.8. The summed E-state index contributed by atoms with van der Waals surface area (Å²) in [6.45, 7) is 13.7. The van der Waals surface area contributed by atoms with E-state index in [2.05, 4.69) is 30.7 Å². The van der Waals surface area contributed by atoms with Crippen LogP contribution in [0.25, 0.3) is 11.6 Å². The van der Waals surface area contributed by atoms with Crippen LogP contribution in [0.3, 0.4) is 0 Å². The second kappa shape index (κ2) is 14.1. The van der Waals surface area contributed by atoms with Gasteiger partial charge >= 0.3 is 0 Å². The summed E-state index contributed by atoms with van der Waals surface area (Å²) >= 11 is 0. The van der Waals surface area contributed by atoms with E-state index in [0.717, 1.165) is 25.8 Å². The van der Waals surface area contributed by atoms with Crippen LogP contribution in [-0.2, 0) is 9.59 Å². The van der Waals surface area contributed by atoms with Gasteiger partial charge in [0, 0.05) is 55.7 Å². The van der Waals surface area contributed by atoms with Crippen molar-refractivity contribution in [2.24, 2.45) is 4.99 Å². The summed E-state index contributed by atoms with van der Waals surface area (Å²) in [5.74, 6) is -0.0199. The zero-order valence-corrected chi connectivity index (χ0v) is 24.9. The minimum absolute atomic E-state index is 0.0250. The Morgan fingerprint density at radius 2 is 1.98 bits per heavy atom. The van der Waals surface area contributed by atoms with Crippen molar-refractivity contribution in [3.63, 3.8) is 0 Å². The molecule has 0 spiro atoms. The van der Waals surface area contributed by atoms with Gasteiger partial charge in [-0.2, -0.15) is 0 Å². The Morgan fingerprint density at radius 3 is 2.66 bits per heavy atom. The third-order valence-corrected chi connectivity index (χ3v) is 7.56. The molecule has 0 aromatic heterocycles. The van der Waals surface area contributed by atoms with Crippen LogP contribution < -0.4 is 4.74 Å². The van der Waals surface area contributed by atoms with E-state index in [9.17, 15) is 9.59 Å². The second-order valence-corrected chi connectivity index (χ2v) is 9.71. The van der Waals surface area contributed by atoms with E-state index in [1.165, 1.54) is 0 Å². The van der Waals surface area contributed by atoms with Gasteiger partial charge in [0.15, 0.2) is 11.6 Å². The number of aliphatic hydroxyl groups excluding tert-OH is 1. The number of aldehydes is 1. The number of rotatable bonds is 5. The summed E-state index contributed by atoms with van der Waals surface area (Å²) in [5, 5.41) is 7.00. The molecule has 2 atom stereocenters. The molecule has 5 rings (SSSR count). The number of allylic oxidation sites excluding steroid dienone is 3. The van der Waals surface area contributed by atoms with Crippen molar-refractivity contribution < 1.29 is 23.8 Å². The van der Waals surface area contributed by atoms with Gasteiger partial charge in [0.1, 0.15) is 24.4 Å². The highest BCUT2D eigenvalue weighted by atomic mass is 19.1. The predicted molar refractivity (Wildman–Crippen MR) is 162 cm³/mol. The Morgan fingerprint density at radius 1 is 1.24 bits per heavy atom. The molecule has 1 saturated heterocycles. The van der Waals surface area contributed by atoms with E-state index in [0.29, 0.717) is 53.5 Å². The lowest BCUT2D eigenvalue weighted by Crippen LogP contribution is -2.58. The van der Waals surface area contributed by atoms with Gasteiger partial charge in [-0.1, -0.05) is 45.6 Å². The minimum atomic E-state index is -0.539. The van der Waals surface area contributed by atoms with Crippen LogP contribution >= 0.6 is 0 Å². The largest absolute Gasteiger partial charge is 0.485 e. The van der Waals surface area contributed by atoms with Crippen LogP contribution in [-0.4, -0.2) is 83.6 Å². The topological polar surface area (TPSA) is 85.7 Å². The van der Waals surface area contributed by atoms with E-state index in [1.54, 1.807) is 24.3 Å². The van der Waals surface area contributed by atoms with E-state index in [-0.39, 0.29) is 29.9 Å². The number of aliphatic hydroxyl groups is 1. The van der Waals surface area contributed by atoms with Crippen LogP contribution in [0, 0.1) is 5.82 Å². The van der Waals surface area contributed by atoms with Crippen molar-refractivity contribution in [1.82, 2.24) is 14.7 Å². The molecule has 220 valence electrons. The highest BCUT2D eigenvalue weighted by Gasteiger charge is 2.37. The van der Waals surface area contributed by atoms with Gasteiger partial charge in [-0.3, -0.25) is 9.59 Å². The van der Waals surface area contributed by atoms with E-state index in [4.69, 9.17) is 14.8 Å². The maximum atomic E-state index is 15.4. The van der Waals surface area contributed by atoms with E-state index >= 15 is 4.39 Å². The van der Waals surface area contributed by atoms with Crippen LogP contribution in [0.2, 0.25) is 0 Å². The summed E-state index contributed by atoms with van der Waals surface area (Å²) in [5.41, 5.74) is 2.96. The molecule has 1 N–H and O–H groups in total. The lowest BCUT2D eigenvalue weighted by atomic mass is 10.00. The molecule has 0 saturated carbocycles. The molecule has 1 aromatic carbocycles. The van der Waals surface area contributed by atoms with Gasteiger partial charge in [-0.05, 0) is 49.8 Å². The summed E-state index contributed by atoms with van der Waals surface area (Å²) in [4.78, 5) is 35.5. The fourth-order valence-electron chi connectivity index (χ4n) is 5.35. The molecule has 0 radical (unpaired) electrons. The number of amides is 1. The minimum Gasteiger partial charge on any atom is -0.485 e. The lowest BCUT2D eigenvalue weighted by molar-refractivity contribution is -0.129. The second-order valence-electron chi connectivity index (χ2n) is 9.71. The van der Waals surface area contributed by atoms with Gasteiger partial charge in [0.2, 0.25) is 0 Å². The van der Waals surface area contributed by atoms with E-state index in [1.807, 2.05) is 43.7 Å². The third kappa shape index (κ3) is 6.35. The lowest BCUT2D eigenvalue weighted by Gasteiger charge is -2.44. The Labute approximate surface area is 242 Å². The summed E-state index contributed by atoms with van der Waals surface area (Å²) in [6.07, 6.45) is 11.8. The third-order valence-electron chi connectivity index (χ3n) is 7.56. The number of hydrogen-bond donors (Lipinski definition) is 1. The van der Waals surface area contributed by atoms with Gasteiger partial charge < -0.3 is 24.5 Å². The van der Waals surface area contributed by atoms with Crippen molar-refractivity contribution >= 4 is 29.6 Å². The standard InChI is InChI=1S/C29H31FN4O3.C2H6.CH4O/c1-5-22-15-24(29(36)34-12-11-33-10-6-7-25(33)19(34)3)31-26(32(22)4)13-18(2)23-9-8-21-14-20(16-35)17-37-28(21)27(23)30;2*1-2/h6,8-10,13-16,19,25H,2,5,7,11-12,17H2,1,3-4H3;1-2H3;2H,1H3/b26-13-;;. The first-order valence-electron chi connectivity index (χ1n) is 14.1. The number of aliphatic imine (C=N–C) groups is 1. The Balaban J connectivity index is 0.00000111. The monoisotopic (exact) mass is 564 g/mol. The molecule has 4 aliphatic heterocycles. The number of carbonyl (C=O) groups excluding carboxylic acids is 2. The van der Waals surface area contributed by atoms with Crippen molar-refractivity contribution in [2.45, 2.75) is 52.6 Å². The van der Waals surface area contributed by atoms with Crippen molar-refractivity contribution in [1.29, 1.82) is 0 Å². The number of nitrogens with zero attached hydrogens (tertiary/aromatic N) is 4. The van der Waals surface area contributed by atoms with Crippen molar-refractivity contribution in [3.8, 4) is 5.75 Å². The number of hydrogen-bond acceptors (Lipinski definition) is 7. The molecular formula is C32H41FN4O4. The Hall–Kier alpha value is -3.98. The van der Waals surface area contributed by atoms with Crippen molar-refractivity contribution in [2.75, 3.05) is 33.9 Å². The smallest absolute Gasteiger partial charge is 0.272 e. The van der Waals surface area contributed by atoms with Gasteiger partial charge in [0.25, 0.3) is 5.91 Å². The first kappa shape index (κ1) is 31.5. The van der Waals surface area contributed by atoms with Crippen LogP contribution in [0.5, 0.6) is 5.75 Å². The molecule has 0 aliphatic carbocycles. The molecule has 9 heteroatoms.